The highest BCUT2D eigenvalue weighted by Gasteiger charge is 2.40. The number of hydrazone groups is 1. The Balaban J connectivity index is 1.43. The van der Waals surface area contributed by atoms with Crippen LogP contribution in [0.4, 0.5) is 0 Å². The molecule has 2 N–H and O–H groups in total. The maximum absolute atomic E-state index is 10.1. The molecule has 27 heavy (non-hydrogen) atoms. The number of aliphatic imine (C=N–C) groups is 1. The summed E-state index contributed by atoms with van der Waals surface area (Å²) in [5, 5.41) is 14.8. The van der Waals surface area contributed by atoms with Crippen LogP contribution < -0.4 is 5.43 Å². The predicted molar refractivity (Wildman–Crippen MR) is 105 cm³/mol. The van der Waals surface area contributed by atoms with Crippen molar-refractivity contribution in [2.24, 2.45) is 16.0 Å². The lowest BCUT2D eigenvalue weighted by Crippen LogP contribution is -2.40. The molecule has 4 aliphatic rings. The highest BCUT2D eigenvalue weighted by Crippen LogP contribution is 2.32. The first kappa shape index (κ1) is 18.7. The van der Waals surface area contributed by atoms with Gasteiger partial charge in [-0.3, -0.25) is 9.89 Å². The van der Waals surface area contributed by atoms with Gasteiger partial charge in [-0.2, -0.15) is 5.10 Å². The molecule has 1 saturated heterocycles. The summed E-state index contributed by atoms with van der Waals surface area (Å²) < 4.78 is 11.3. The summed E-state index contributed by atoms with van der Waals surface area (Å²) in [5.41, 5.74) is 5.41. The van der Waals surface area contributed by atoms with Crippen LogP contribution >= 0.6 is 0 Å². The third-order valence-electron chi connectivity index (χ3n) is 5.87. The lowest BCUT2D eigenvalue weighted by atomic mass is 9.82. The summed E-state index contributed by atoms with van der Waals surface area (Å²) in [6.07, 6.45) is 8.45. The molecule has 0 bridgehead atoms. The first-order valence-electron chi connectivity index (χ1n) is 9.92. The van der Waals surface area contributed by atoms with Gasteiger partial charge in [0.1, 0.15) is 0 Å². The van der Waals surface area contributed by atoms with Crippen molar-refractivity contribution in [3.05, 3.63) is 24.1 Å². The van der Waals surface area contributed by atoms with Gasteiger partial charge in [-0.1, -0.05) is 0 Å². The molecule has 1 aliphatic carbocycles. The number of rotatable bonds is 5. The molecule has 148 valence electrons. The van der Waals surface area contributed by atoms with E-state index >= 15 is 0 Å². The molecule has 3 heterocycles. The number of allylic oxidation sites excluding steroid dienone is 1. The van der Waals surface area contributed by atoms with Crippen LogP contribution in [0.1, 0.15) is 33.1 Å². The van der Waals surface area contributed by atoms with Gasteiger partial charge in [0, 0.05) is 51.2 Å². The Morgan fingerprint density at radius 3 is 2.89 bits per heavy atom. The Labute approximate surface area is 160 Å². The van der Waals surface area contributed by atoms with Gasteiger partial charge in [0.05, 0.1) is 41.5 Å². The standard InChI is InChI=1S/C20H30N4O3/c1-12(2)27-14-4-5-16-15(9-14)20(23-22-16)17-8-13(6-7-21-17)24-10-18(25)19(11-24)26-3/h4,6-7,12-13,15-16,18-19,22,25H,5,8-11H2,1-3H3/t13-,15-,16+,18-,19-/m0/s1. The van der Waals surface area contributed by atoms with Gasteiger partial charge >= 0.3 is 0 Å². The van der Waals surface area contributed by atoms with Crippen LogP contribution in [0.25, 0.3) is 0 Å². The van der Waals surface area contributed by atoms with Gasteiger partial charge in [0.2, 0.25) is 0 Å². The van der Waals surface area contributed by atoms with E-state index in [9.17, 15) is 5.11 Å². The fraction of sp³-hybridized carbons (Fsp3) is 0.700. The van der Waals surface area contributed by atoms with E-state index in [4.69, 9.17) is 9.47 Å². The van der Waals surface area contributed by atoms with Crippen LogP contribution in [-0.2, 0) is 9.47 Å². The molecule has 0 aromatic carbocycles. The third-order valence-corrected chi connectivity index (χ3v) is 5.87. The number of β-amino-alcohol motifs (C(OH)–C–C–N with tert-alkyl or cyclic N) is 1. The Morgan fingerprint density at radius 1 is 1.30 bits per heavy atom. The molecular weight excluding hydrogens is 344 g/mol. The maximum Gasteiger partial charge on any atom is 0.0969 e. The molecule has 0 unspecified atom stereocenters. The van der Waals surface area contributed by atoms with Crippen LogP contribution in [0.2, 0.25) is 0 Å². The van der Waals surface area contributed by atoms with Gasteiger partial charge in [-0.15, -0.1) is 0 Å². The largest absolute Gasteiger partial charge is 0.496 e. The molecule has 7 nitrogen and oxygen atoms in total. The first-order valence-corrected chi connectivity index (χ1v) is 9.92. The quantitative estimate of drug-likeness (QED) is 0.762. The lowest BCUT2D eigenvalue weighted by Gasteiger charge is -2.30. The first-order chi connectivity index (χ1) is 13.0. The topological polar surface area (TPSA) is 78.7 Å². The average Bonchev–Trinajstić information content (AvgIpc) is 3.24. The van der Waals surface area contributed by atoms with E-state index in [0.717, 1.165) is 43.0 Å². The fourth-order valence-electron chi connectivity index (χ4n) is 4.47. The Bertz CT molecular complexity index is 685. The lowest BCUT2D eigenvalue weighted by molar-refractivity contribution is 0.0214. The van der Waals surface area contributed by atoms with Crippen LogP contribution in [-0.4, -0.2) is 72.0 Å². The van der Waals surface area contributed by atoms with Crippen molar-refractivity contribution in [1.29, 1.82) is 0 Å². The Kier molecular flexibility index (Phi) is 5.34. The highest BCUT2D eigenvalue weighted by molar-refractivity contribution is 6.44. The van der Waals surface area contributed by atoms with E-state index in [1.54, 1.807) is 7.11 Å². The number of likely N-dealkylation sites (tertiary alicyclic amines) is 1. The number of aliphatic hydroxyl groups is 1. The van der Waals surface area contributed by atoms with Crippen LogP contribution in [0.15, 0.2) is 34.2 Å². The van der Waals surface area contributed by atoms with Crippen LogP contribution in [0.5, 0.6) is 0 Å². The molecule has 0 spiro atoms. The summed E-state index contributed by atoms with van der Waals surface area (Å²) in [4.78, 5) is 6.93. The van der Waals surface area contributed by atoms with Gasteiger partial charge in [-0.05, 0) is 32.4 Å². The summed E-state index contributed by atoms with van der Waals surface area (Å²) in [6.45, 7) is 5.50. The molecule has 0 amide bonds. The number of ether oxygens (including phenoxy) is 2. The van der Waals surface area contributed by atoms with Gasteiger partial charge < -0.3 is 20.0 Å². The summed E-state index contributed by atoms with van der Waals surface area (Å²) >= 11 is 0. The second-order valence-electron chi connectivity index (χ2n) is 8.10. The second kappa shape index (κ2) is 7.73. The van der Waals surface area contributed by atoms with Gasteiger partial charge in [-0.25, -0.2) is 0 Å². The van der Waals surface area contributed by atoms with Gasteiger partial charge in [0.25, 0.3) is 0 Å². The van der Waals surface area contributed by atoms with Crippen molar-refractivity contribution in [2.75, 3.05) is 20.2 Å². The van der Waals surface area contributed by atoms with Crippen molar-refractivity contribution in [2.45, 2.75) is 63.5 Å². The summed E-state index contributed by atoms with van der Waals surface area (Å²) in [7, 11) is 1.66. The van der Waals surface area contributed by atoms with Crippen LogP contribution in [0, 0.1) is 5.92 Å². The second-order valence-corrected chi connectivity index (χ2v) is 8.10. The Hall–Kier alpha value is -1.70. The van der Waals surface area contributed by atoms with Crippen molar-refractivity contribution >= 4 is 11.4 Å². The van der Waals surface area contributed by atoms with Crippen molar-refractivity contribution < 1.29 is 14.6 Å². The molecule has 0 aromatic rings. The number of nitrogens with zero attached hydrogens (tertiary/aromatic N) is 3. The SMILES string of the molecule is CO[C@H]1CN([C@H]2C=CN=C(C3=NN[C@@H]4CC=C(OC(C)C)C[C@H]34)C2)C[C@@H]1O. The molecule has 1 fully saturated rings. The molecular formula is C20H30N4O3. The van der Waals surface area contributed by atoms with E-state index in [-0.39, 0.29) is 18.2 Å². The zero-order valence-electron chi connectivity index (χ0n) is 16.3. The summed E-state index contributed by atoms with van der Waals surface area (Å²) in [6, 6.07) is 0.553. The van der Waals surface area contributed by atoms with E-state index in [1.807, 2.05) is 6.20 Å². The van der Waals surface area contributed by atoms with E-state index in [0.29, 0.717) is 18.5 Å². The van der Waals surface area contributed by atoms with Crippen LogP contribution in [0.3, 0.4) is 0 Å². The zero-order chi connectivity index (χ0) is 19.0. The molecule has 4 rings (SSSR count). The summed E-state index contributed by atoms with van der Waals surface area (Å²) in [5.74, 6) is 1.38. The van der Waals surface area contributed by atoms with Gasteiger partial charge in [0.15, 0.2) is 0 Å². The minimum atomic E-state index is -0.431. The molecule has 0 radical (unpaired) electrons. The minimum Gasteiger partial charge on any atom is -0.496 e. The number of hydrogen-bond acceptors (Lipinski definition) is 7. The van der Waals surface area contributed by atoms with E-state index in [2.05, 4.69) is 46.4 Å². The zero-order valence-corrected chi connectivity index (χ0v) is 16.3. The normalized spacial score (nSPS) is 36.2. The number of nitrogens with one attached hydrogen (secondary N) is 1. The number of methoxy groups -OCH3 is 1. The molecule has 5 atom stereocenters. The molecule has 0 saturated carbocycles. The third kappa shape index (κ3) is 3.81. The Morgan fingerprint density at radius 2 is 2.15 bits per heavy atom. The smallest absolute Gasteiger partial charge is 0.0969 e. The molecule has 7 heteroatoms. The maximum atomic E-state index is 10.1. The number of hydrogen-bond donors (Lipinski definition) is 2. The number of fused-ring (bicyclic) bond motifs is 1. The minimum absolute atomic E-state index is 0.116. The number of aliphatic hydroxyl groups excluding tert-OH is 1. The average molecular weight is 374 g/mol. The molecule has 3 aliphatic heterocycles. The molecule has 0 aromatic heterocycles. The predicted octanol–water partition coefficient (Wildman–Crippen LogP) is 1.45. The van der Waals surface area contributed by atoms with E-state index in [1.165, 1.54) is 0 Å². The van der Waals surface area contributed by atoms with Crippen molar-refractivity contribution in [1.82, 2.24) is 10.3 Å². The van der Waals surface area contributed by atoms with Crippen molar-refractivity contribution in [3.8, 4) is 0 Å². The highest BCUT2D eigenvalue weighted by atomic mass is 16.5. The monoisotopic (exact) mass is 374 g/mol. The van der Waals surface area contributed by atoms with E-state index < -0.39 is 6.10 Å². The fourth-order valence-corrected chi connectivity index (χ4v) is 4.47. The van der Waals surface area contributed by atoms with Crippen molar-refractivity contribution in [3.63, 3.8) is 0 Å².